The van der Waals surface area contributed by atoms with Gasteiger partial charge in [-0.05, 0) is 43.0 Å². The van der Waals surface area contributed by atoms with E-state index in [1.54, 1.807) is 0 Å². The molecule has 1 aliphatic heterocycles. The van der Waals surface area contributed by atoms with Crippen LogP contribution in [-0.4, -0.2) is 36.0 Å². The van der Waals surface area contributed by atoms with Gasteiger partial charge in [-0.3, -0.25) is 4.79 Å². The molecule has 0 unspecified atom stereocenters. The molecule has 3 rings (SSSR count). The molecule has 0 aromatic heterocycles. The summed E-state index contributed by atoms with van der Waals surface area (Å²) < 4.78 is 0. The smallest absolute Gasteiger partial charge is 0.319 e. The van der Waals surface area contributed by atoms with E-state index in [1.807, 2.05) is 59.5 Å². The SMILES string of the molecule is CCCc1ccccc1NC(=O)N[C@H]1CCCN(C(=O)c2ccccc2)C1. The summed E-state index contributed by atoms with van der Waals surface area (Å²) in [5.74, 6) is 0.0239. The lowest BCUT2D eigenvalue weighted by atomic mass is 10.0. The minimum absolute atomic E-state index is 0.0239. The predicted octanol–water partition coefficient (Wildman–Crippen LogP) is 4.07. The lowest BCUT2D eigenvalue weighted by Crippen LogP contribution is -2.50. The lowest BCUT2D eigenvalue weighted by molar-refractivity contribution is 0.0698. The molecular weight excluding hydrogens is 338 g/mol. The van der Waals surface area contributed by atoms with Crippen LogP contribution in [-0.2, 0) is 6.42 Å². The number of nitrogens with one attached hydrogen (secondary N) is 2. The first-order valence-corrected chi connectivity index (χ1v) is 9.67. The fourth-order valence-corrected chi connectivity index (χ4v) is 3.52. The number of hydrogen-bond acceptors (Lipinski definition) is 2. The van der Waals surface area contributed by atoms with Crippen molar-refractivity contribution >= 4 is 17.6 Å². The van der Waals surface area contributed by atoms with Crippen LogP contribution >= 0.6 is 0 Å². The zero-order chi connectivity index (χ0) is 19.1. The topological polar surface area (TPSA) is 61.4 Å². The van der Waals surface area contributed by atoms with E-state index in [1.165, 1.54) is 0 Å². The highest BCUT2D eigenvalue weighted by Crippen LogP contribution is 2.18. The van der Waals surface area contributed by atoms with Gasteiger partial charge in [0.05, 0.1) is 0 Å². The number of anilines is 1. The van der Waals surface area contributed by atoms with Gasteiger partial charge in [0.15, 0.2) is 0 Å². The van der Waals surface area contributed by atoms with E-state index < -0.39 is 0 Å². The molecule has 1 saturated heterocycles. The Hall–Kier alpha value is -2.82. The summed E-state index contributed by atoms with van der Waals surface area (Å²) in [6, 6.07) is 16.9. The molecule has 0 bridgehead atoms. The van der Waals surface area contributed by atoms with Gasteiger partial charge in [0.1, 0.15) is 0 Å². The van der Waals surface area contributed by atoms with Crippen LogP contribution in [0.25, 0.3) is 0 Å². The number of rotatable bonds is 5. The number of urea groups is 1. The number of aryl methyl sites for hydroxylation is 1. The van der Waals surface area contributed by atoms with Crippen molar-refractivity contribution in [1.29, 1.82) is 0 Å². The average molecular weight is 365 g/mol. The molecule has 2 aromatic rings. The molecule has 27 heavy (non-hydrogen) atoms. The number of nitrogens with zero attached hydrogens (tertiary/aromatic N) is 1. The minimum atomic E-state index is -0.211. The van der Waals surface area contributed by atoms with E-state index in [2.05, 4.69) is 17.6 Å². The zero-order valence-electron chi connectivity index (χ0n) is 15.8. The molecular formula is C22H27N3O2. The van der Waals surface area contributed by atoms with Crippen molar-refractivity contribution in [2.24, 2.45) is 0 Å². The van der Waals surface area contributed by atoms with Crippen molar-refractivity contribution in [1.82, 2.24) is 10.2 Å². The molecule has 1 atom stereocenters. The van der Waals surface area contributed by atoms with Crippen LogP contribution in [0.4, 0.5) is 10.5 Å². The summed E-state index contributed by atoms with van der Waals surface area (Å²) >= 11 is 0. The third-order valence-corrected chi connectivity index (χ3v) is 4.85. The van der Waals surface area contributed by atoms with E-state index in [9.17, 15) is 9.59 Å². The Morgan fingerprint density at radius 1 is 1.07 bits per heavy atom. The van der Waals surface area contributed by atoms with Crippen molar-refractivity contribution in [3.05, 3.63) is 65.7 Å². The maximum Gasteiger partial charge on any atom is 0.319 e. The van der Waals surface area contributed by atoms with Gasteiger partial charge in [0.2, 0.25) is 0 Å². The van der Waals surface area contributed by atoms with Crippen LogP contribution in [0.15, 0.2) is 54.6 Å². The van der Waals surface area contributed by atoms with Gasteiger partial charge >= 0.3 is 6.03 Å². The Labute approximate surface area is 160 Å². The summed E-state index contributed by atoms with van der Waals surface area (Å²) in [6.07, 6.45) is 3.72. The maximum absolute atomic E-state index is 12.6. The number of piperidine rings is 1. The van der Waals surface area contributed by atoms with Crippen molar-refractivity contribution in [3.8, 4) is 0 Å². The quantitative estimate of drug-likeness (QED) is 0.839. The van der Waals surface area contributed by atoms with Gasteiger partial charge in [0.25, 0.3) is 5.91 Å². The number of para-hydroxylation sites is 1. The standard InChI is InChI=1S/C22H27N3O2/c1-2-9-17-10-6-7-14-20(17)24-22(27)23-19-13-8-15-25(16-19)21(26)18-11-4-3-5-12-18/h3-7,10-12,14,19H,2,8-9,13,15-16H2,1H3,(H2,23,24,27)/t19-/m0/s1. The number of amides is 3. The third-order valence-electron chi connectivity index (χ3n) is 4.85. The number of likely N-dealkylation sites (tertiary alicyclic amines) is 1. The molecule has 0 saturated carbocycles. The normalized spacial score (nSPS) is 16.6. The molecule has 0 radical (unpaired) electrons. The molecule has 3 amide bonds. The highest BCUT2D eigenvalue weighted by Gasteiger charge is 2.25. The molecule has 142 valence electrons. The zero-order valence-corrected chi connectivity index (χ0v) is 15.8. The lowest BCUT2D eigenvalue weighted by Gasteiger charge is -2.33. The molecule has 2 N–H and O–H groups in total. The molecule has 0 spiro atoms. The number of hydrogen-bond donors (Lipinski definition) is 2. The molecule has 2 aromatic carbocycles. The van der Waals surface area contributed by atoms with Gasteiger partial charge in [-0.15, -0.1) is 0 Å². The number of benzene rings is 2. The van der Waals surface area contributed by atoms with Crippen molar-refractivity contribution in [3.63, 3.8) is 0 Å². The van der Waals surface area contributed by atoms with Crippen molar-refractivity contribution in [2.45, 2.75) is 38.6 Å². The van der Waals surface area contributed by atoms with E-state index in [4.69, 9.17) is 0 Å². The van der Waals surface area contributed by atoms with Gasteiger partial charge in [-0.2, -0.15) is 0 Å². The van der Waals surface area contributed by atoms with Gasteiger partial charge in [-0.25, -0.2) is 4.79 Å². The Bertz CT molecular complexity index is 776. The highest BCUT2D eigenvalue weighted by atomic mass is 16.2. The monoisotopic (exact) mass is 365 g/mol. The van der Waals surface area contributed by atoms with Crippen LogP contribution in [0.3, 0.4) is 0 Å². The van der Waals surface area contributed by atoms with E-state index >= 15 is 0 Å². The summed E-state index contributed by atoms with van der Waals surface area (Å²) in [4.78, 5) is 26.9. The van der Waals surface area contributed by atoms with Gasteiger partial charge in [0, 0.05) is 30.4 Å². The van der Waals surface area contributed by atoms with Gasteiger partial charge < -0.3 is 15.5 Å². The largest absolute Gasteiger partial charge is 0.337 e. The minimum Gasteiger partial charge on any atom is -0.337 e. The molecule has 5 nitrogen and oxygen atoms in total. The van der Waals surface area contributed by atoms with Crippen molar-refractivity contribution in [2.75, 3.05) is 18.4 Å². The summed E-state index contributed by atoms with van der Waals surface area (Å²) in [5, 5.41) is 5.99. The first-order valence-electron chi connectivity index (χ1n) is 9.67. The average Bonchev–Trinajstić information content (AvgIpc) is 2.70. The van der Waals surface area contributed by atoms with Crippen LogP contribution < -0.4 is 10.6 Å². The van der Waals surface area contributed by atoms with E-state index in [0.29, 0.717) is 12.1 Å². The molecule has 0 aliphatic carbocycles. The summed E-state index contributed by atoms with van der Waals surface area (Å²) in [5.41, 5.74) is 2.68. The third kappa shape index (κ3) is 5.09. The van der Waals surface area contributed by atoms with Gasteiger partial charge in [-0.1, -0.05) is 49.7 Å². The van der Waals surface area contributed by atoms with E-state index in [-0.39, 0.29) is 18.0 Å². The second kappa shape index (κ2) is 9.21. The Morgan fingerprint density at radius 3 is 2.59 bits per heavy atom. The Morgan fingerprint density at radius 2 is 1.81 bits per heavy atom. The number of carbonyl (C=O) groups is 2. The van der Waals surface area contributed by atoms with Crippen LogP contribution in [0, 0.1) is 0 Å². The Balaban J connectivity index is 1.57. The second-order valence-electron chi connectivity index (χ2n) is 6.96. The maximum atomic E-state index is 12.6. The predicted molar refractivity (Wildman–Crippen MR) is 108 cm³/mol. The van der Waals surface area contributed by atoms with Crippen LogP contribution in [0.1, 0.15) is 42.1 Å². The Kier molecular flexibility index (Phi) is 6.47. The first kappa shape index (κ1) is 19.0. The molecule has 5 heteroatoms. The fourth-order valence-electron chi connectivity index (χ4n) is 3.52. The fraction of sp³-hybridized carbons (Fsp3) is 0.364. The van der Waals surface area contributed by atoms with Crippen LogP contribution in [0.5, 0.6) is 0 Å². The van der Waals surface area contributed by atoms with Crippen molar-refractivity contribution < 1.29 is 9.59 Å². The highest BCUT2D eigenvalue weighted by molar-refractivity contribution is 5.94. The molecule has 1 fully saturated rings. The number of carbonyl (C=O) groups excluding carboxylic acids is 2. The molecule has 1 heterocycles. The summed E-state index contributed by atoms with van der Waals surface area (Å²) in [6.45, 7) is 3.39. The van der Waals surface area contributed by atoms with Crippen LogP contribution in [0.2, 0.25) is 0 Å². The first-order chi connectivity index (χ1) is 13.2. The molecule has 1 aliphatic rings. The summed E-state index contributed by atoms with van der Waals surface area (Å²) in [7, 11) is 0. The van der Waals surface area contributed by atoms with E-state index in [0.717, 1.165) is 43.5 Å². The second-order valence-corrected chi connectivity index (χ2v) is 6.96.